The molecule has 0 heterocycles. The molecule has 0 spiro atoms. The zero-order chi connectivity index (χ0) is 15.6. The van der Waals surface area contributed by atoms with E-state index in [1.165, 1.54) is 18.3 Å². The smallest absolute Gasteiger partial charge is 0.416 e. The topological polar surface area (TPSA) is 32.6 Å². The monoisotopic (exact) mass is 377 g/mol. The van der Waals surface area contributed by atoms with E-state index in [2.05, 4.69) is 20.9 Å². The van der Waals surface area contributed by atoms with Gasteiger partial charge in [0.1, 0.15) is 5.75 Å². The van der Waals surface area contributed by atoms with Crippen LogP contribution in [-0.2, 0) is 6.18 Å². The number of phenolic OH excluding ortho intramolecular Hbond substituents is 1. The quantitative estimate of drug-likeness (QED) is 0.680. The Hall–Kier alpha value is -1.53. The molecule has 2 rings (SSSR count). The molecule has 2 nitrogen and oxygen atoms in total. The molecule has 0 aliphatic heterocycles. The molecular formula is C14H8BrClF3NO. The summed E-state index contributed by atoms with van der Waals surface area (Å²) in [5.41, 5.74) is -0.235. The zero-order valence-electron chi connectivity index (χ0n) is 10.3. The minimum atomic E-state index is -4.45. The van der Waals surface area contributed by atoms with E-state index >= 15 is 0 Å². The van der Waals surface area contributed by atoms with Crippen LogP contribution in [0.2, 0.25) is 5.02 Å². The first-order chi connectivity index (χ1) is 9.77. The summed E-state index contributed by atoms with van der Waals surface area (Å²) in [5, 5.41) is 9.52. The normalized spacial score (nSPS) is 12.0. The van der Waals surface area contributed by atoms with E-state index in [1.807, 2.05) is 0 Å². The van der Waals surface area contributed by atoms with Crippen molar-refractivity contribution in [3.63, 3.8) is 0 Å². The maximum Gasteiger partial charge on any atom is 0.416 e. The predicted molar refractivity (Wildman–Crippen MR) is 79.5 cm³/mol. The summed E-state index contributed by atoms with van der Waals surface area (Å²) >= 11 is 9.03. The summed E-state index contributed by atoms with van der Waals surface area (Å²) in [5.74, 6) is 0.00461. The van der Waals surface area contributed by atoms with Crippen molar-refractivity contribution in [1.29, 1.82) is 0 Å². The summed E-state index contributed by atoms with van der Waals surface area (Å²) in [6.45, 7) is 0. The second kappa shape index (κ2) is 6.07. The Balaban J connectivity index is 2.32. The maximum atomic E-state index is 12.5. The third-order valence-electron chi connectivity index (χ3n) is 2.61. The van der Waals surface area contributed by atoms with Crippen molar-refractivity contribution in [3.8, 4) is 5.75 Å². The van der Waals surface area contributed by atoms with Crippen LogP contribution < -0.4 is 0 Å². The highest BCUT2D eigenvalue weighted by atomic mass is 79.9. The molecule has 7 heteroatoms. The summed E-state index contributed by atoms with van der Waals surface area (Å²) in [6, 6.07) is 7.64. The molecule has 0 amide bonds. The Labute approximate surface area is 132 Å². The average Bonchev–Trinajstić information content (AvgIpc) is 2.40. The standard InChI is InChI=1S/C14H8BrClF3NO/c15-10-2-4-13(21)8(5-10)7-20-12-3-1-9(6-11(12)16)14(17,18)19/h1-7,21H/b20-7+. The number of alkyl halides is 3. The number of hydrogen-bond acceptors (Lipinski definition) is 2. The molecule has 2 aromatic carbocycles. The molecule has 110 valence electrons. The lowest BCUT2D eigenvalue weighted by atomic mass is 10.2. The highest BCUT2D eigenvalue weighted by Crippen LogP contribution is 2.34. The highest BCUT2D eigenvalue weighted by molar-refractivity contribution is 9.10. The van der Waals surface area contributed by atoms with E-state index in [9.17, 15) is 18.3 Å². The number of nitrogens with zero attached hydrogens (tertiary/aromatic N) is 1. The second-order valence-electron chi connectivity index (χ2n) is 4.13. The van der Waals surface area contributed by atoms with Crippen LogP contribution >= 0.6 is 27.5 Å². The lowest BCUT2D eigenvalue weighted by Crippen LogP contribution is -2.04. The van der Waals surface area contributed by atoms with Crippen molar-refractivity contribution in [2.24, 2.45) is 4.99 Å². The first kappa shape index (κ1) is 15.9. The Bertz CT molecular complexity index is 701. The molecular weight excluding hydrogens is 371 g/mol. The van der Waals surface area contributed by atoms with Gasteiger partial charge in [0.05, 0.1) is 16.3 Å². The fourth-order valence-electron chi connectivity index (χ4n) is 1.56. The number of rotatable bonds is 2. The van der Waals surface area contributed by atoms with Crippen LogP contribution in [0.5, 0.6) is 5.75 Å². The van der Waals surface area contributed by atoms with Crippen molar-refractivity contribution < 1.29 is 18.3 Å². The van der Waals surface area contributed by atoms with Gasteiger partial charge < -0.3 is 5.11 Å². The van der Waals surface area contributed by atoms with Crippen molar-refractivity contribution in [3.05, 3.63) is 57.0 Å². The van der Waals surface area contributed by atoms with Gasteiger partial charge in [-0.3, -0.25) is 4.99 Å². The molecule has 0 saturated carbocycles. The van der Waals surface area contributed by atoms with Gasteiger partial charge in [0.25, 0.3) is 0 Å². The Morgan fingerprint density at radius 1 is 1.14 bits per heavy atom. The number of halogens is 5. The SMILES string of the molecule is Oc1ccc(Br)cc1/C=N/c1ccc(C(F)(F)F)cc1Cl. The Morgan fingerprint density at radius 2 is 1.86 bits per heavy atom. The number of hydrogen-bond donors (Lipinski definition) is 1. The molecule has 0 saturated heterocycles. The molecule has 2 aromatic rings. The maximum absolute atomic E-state index is 12.5. The summed E-state index contributed by atoms with van der Waals surface area (Å²) in [4.78, 5) is 4.00. The van der Waals surface area contributed by atoms with E-state index in [1.54, 1.807) is 12.1 Å². The van der Waals surface area contributed by atoms with Gasteiger partial charge in [-0.05, 0) is 36.4 Å². The third kappa shape index (κ3) is 3.98. The van der Waals surface area contributed by atoms with Crippen molar-refractivity contribution in [1.82, 2.24) is 0 Å². The van der Waals surface area contributed by atoms with E-state index in [4.69, 9.17) is 11.6 Å². The highest BCUT2D eigenvalue weighted by Gasteiger charge is 2.30. The molecule has 0 bridgehead atoms. The van der Waals surface area contributed by atoms with Gasteiger partial charge in [-0.2, -0.15) is 13.2 Å². The van der Waals surface area contributed by atoms with Crippen LogP contribution in [0.1, 0.15) is 11.1 Å². The Morgan fingerprint density at radius 3 is 2.48 bits per heavy atom. The van der Waals surface area contributed by atoms with Crippen LogP contribution in [0.4, 0.5) is 18.9 Å². The van der Waals surface area contributed by atoms with E-state index in [0.29, 0.717) is 5.56 Å². The van der Waals surface area contributed by atoms with Gasteiger partial charge in [-0.25, -0.2) is 0 Å². The van der Waals surface area contributed by atoms with Crippen LogP contribution in [0.3, 0.4) is 0 Å². The molecule has 0 aliphatic carbocycles. The van der Waals surface area contributed by atoms with Gasteiger partial charge in [0, 0.05) is 16.3 Å². The number of benzene rings is 2. The van der Waals surface area contributed by atoms with Crippen molar-refractivity contribution >= 4 is 39.4 Å². The van der Waals surface area contributed by atoms with Crippen LogP contribution in [-0.4, -0.2) is 11.3 Å². The molecule has 0 fully saturated rings. The fraction of sp³-hybridized carbons (Fsp3) is 0.0714. The van der Waals surface area contributed by atoms with Crippen LogP contribution in [0.15, 0.2) is 45.9 Å². The van der Waals surface area contributed by atoms with E-state index in [0.717, 1.165) is 16.6 Å². The lowest BCUT2D eigenvalue weighted by molar-refractivity contribution is -0.137. The minimum Gasteiger partial charge on any atom is -0.507 e. The zero-order valence-corrected chi connectivity index (χ0v) is 12.7. The first-order valence-corrected chi connectivity index (χ1v) is 6.84. The van der Waals surface area contributed by atoms with Crippen molar-refractivity contribution in [2.45, 2.75) is 6.18 Å². The second-order valence-corrected chi connectivity index (χ2v) is 5.45. The molecule has 0 aromatic heterocycles. The first-order valence-electron chi connectivity index (χ1n) is 5.67. The van der Waals surface area contributed by atoms with Gasteiger partial charge in [-0.15, -0.1) is 0 Å². The number of aromatic hydroxyl groups is 1. The number of aliphatic imine (C=N–C) groups is 1. The molecule has 1 N–H and O–H groups in total. The number of phenols is 1. The van der Waals surface area contributed by atoms with Gasteiger partial charge in [-0.1, -0.05) is 27.5 Å². The molecule has 0 aliphatic rings. The molecule has 0 atom stereocenters. The molecule has 21 heavy (non-hydrogen) atoms. The average molecular weight is 379 g/mol. The van der Waals surface area contributed by atoms with Crippen LogP contribution in [0, 0.1) is 0 Å². The van der Waals surface area contributed by atoms with Crippen LogP contribution in [0.25, 0.3) is 0 Å². The van der Waals surface area contributed by atoms with Gasteiger partial charge in [0.15, 0.2) is 0 Å². The molecule has 0 radical (unpaired) electrons. The fourth-order valence-corrected chi connectivity index (χ4v) is 2.16. The Kier molecular flexibility index (Phi) is 4.58. The third-order valence-corrected chi connectivity index (χ3v) is 3.40. The largest absolute Gasteiger partial charge is 0.507 e. The predicted octanol–water partition coefficient (Wildman–Crippen LogP) is 5.58. The summed E-state index contributed by atoms with van der Waals surface area (Å²) in [7, 11) is 0. The van der Waals surface area contributed by atoms with E-state index < -0.39 is 11.7 Å². The minimum absolute atomic E-state index is 0.00461. The van der Waals surface area contributed by atoms with E-state index in [-0.39, 0.29) is 16.5 Å². The summed E-state index contributed by atoms with van der Waals surface area (Å²) < 4.78 is 38.3. The van der Waals surface area contributed by atoms with Gasteiger partial charge >= 0.3 is 6.18 Å². The van der Waals surface area contributed by atoms with Gasteiger partial charge in [0.2, 0.25) is 0 Å². The summed E-state index contributed by atoms with van der Waals surface area (Å²) in [6.07, 6.45) is -3.12. The lowest BCUT2D eigenvalue weighted by Gasteiger charge is -2.07. The van der Waals surface area contributed by atoms with Crippen molar-refractivity contribution in [2.75, 3.05) is 0 Å². The molecule has 0 unspecified atom stereocenters.